The molecule has 0 bridgehead atoms. The molecule has 150 valence electrons. The largest absolute Gasteiger partial charge is 0.325 e. The molecule has 2 aromatic carbocycles. The van der Waals surface area contributed by atoms with Gasteiger partial charge in [-0.2, -0.15) is 0 Å². The number of nitrogens with zero attached hydrogens (tertiary/aromatic N) is 2. The molecule has 1 fully saturated rings. The fraction of sp³-hybridized carbons (Fsp3) is 0.318. The van der Waals surface area contributed by atoms with Crippen LogP contribution in [-0.2, 0) is 21.5 Å². The number of rotatable bonds is 4. The third-order valence-corrected chi connectivity index (χ3v) is 6.03. The van der Waals surface area contributed by atoms with Crippen LogP contribution in [0.2, 0.25) is 5.02 Å². The van der Waals surface area contributed by atoms with Crippen LogP contribution in [0.25, 0.3) is 0 Å². The van der Waals surface area contributed by atoms with Gasteiger partial charge >= 0.3 is 6.03 Å². The summed E-state index contributed by atoms with van der Waals surface area (Å²) in [5, 5.41) is 3.28. The highest BCUT2D eigenvalue weighted by Gasteiger charge is 2.52. The fourth-order valence-electron chi connectivity index (χ4n) is 4.32. The summed E-state index contributed by atoms with van der Waals surface area (Å²) < 4.78 is 0. The predicted octanol–water partition coefficient (Wildman–Crippen LogP) is 3.47. The number of hydrogen-bond donors (Lipinski definition) is 1. The zero-order valence-electron chi connectivity index (χ0n) is 16.3. The first-order chi connectivity index (χ1) is 13.9. The van der Waals surface area contributed by atoms with E-state index in [0.717, 1.165) is 22.6 Å². The number of anilines is 1. The van der Waals surface area contributed by atoms with Crippen LogP contribution < -0.4 is 10.2 Å². The number of urea groups is 1. The zero-order valence-corrected chi connectivity index (χ0v) is 17.1. The standard InChI is InChI=1S/C22H22ClN3O3/c1-3-22(16-8-6-9-17(23)12-16)20(28)25(21(29)24-22)13-19(27)26-14(2)11-15-7-4-5-10-18(15)26/h4-10,12,14H,3,11,13H2,1-2H3,(H,24,29)/t14-,22-/m0/s1. The first-order valence-electron chi connectivity index (χ1n) is 9.67. The average Bonchev–Trinajstić information content (AvgIpc) is 3.16. The maximum atomic E-state index is 13.3. The summed E-state index contributed by atoms with van der Waals surface area (Å²) in [4.78, 5) is 41.8. The van der Waals surface area contributed by atoms with Crippen molar-refractivity contribution in [2.75, 3.05) is 11.4 Å². The summed E-state index contributed by atoms with van der Waals surface area (Å²) in [5.41, 5.74) is 1.33. The lowest BCUT2D eigenvalue weighted by atomic mass is 9.87. The van der Waals surface area contributed by atoms with Gasteiger partial charge in [0.2, 0.25) is 5.91 Å². The molecule has 4 rings (SSSR count). The Balaban J connectivity index is 1.61. The van der Waals surface area contributed by atoms with Crippen LogP contribution in [0.1, 0.15) is 31.4 Å². The Morgan fingerprint density at radius 3 is 2.69 bits per heavy atom. The number of amides is 4. The summed E-state index contributed by atoms with van der Waals surface area (Å²) >= 11 is 6.10. The second kappa shape index (κ2) is 7.19. The Bertz CT molecular complexity index is 1010. The highest BCUT2D eigenvalue weighted by Crippen LogP contribution is 2.35. The molecule has 0 unspecified atom stereocenters. The van der Waals surface area contributed by atoms with Crippen LogP contribution in [0.3, 0.4) is 0 Å². The minimum absolute atomic E-state index is 0.0236. The molecule has 0 spiro atoms. The molecule has 0 aromatic heterocycles. The Hall–Kier alpha value is -2.86. The minimum atomic E-state index is -1.21. The highest BCUT2D eigenvalue weighted by molar-refractivity contribution is 6.30. The van der Waals surface area contributed by atoms with Crippen LogP contribution in [0.15, 0.2) is 48.5 Å². The van der Waals surface area contributed by atoms with E-state index in [9.17, 15) is 14.4 Å². The molecule has 0 aliphatic carbocycles. The molecule has 2 atom stereocenters. The smallest absolute Gasteiger partial charge is 0.319 e. The highest BCUT2D eigenvalue weighted by atomic mass is 35.5. The molecule has 2 aliphatic rings. The SMILES string of the molecule is CC[C@@]1(c2cccc(Cl)c2)NC(=O)N(CC(=O)N2c3ccccc3C[C@@H]2C)C1=O. The maximum Gasteiger partial charge on any atom is 0.325 e. The van der Waals surface area contributed by atoms with E-state index in [0.29, 0.717) is 17.0 Å². The van der Waals surface area contributed by atoms with E-state index in [1.165, 1.54) is 0 Å². The number of carbonyl (C=O) groups excluding carboxylic acids is 3. The molecule has 7 heteroatoms. The van der Waals surface area contributed by atoms with Crippen molar-refractivity contribution >= 4 is 35.1 Å². The monoisotopic (exact) mass is 411 g/mol. The minimum Gasteiger partial charge on any atom is -0.319 e. The molecule has 0 saturated carbocycles. The van der Waals surface area contributed by atoms with Gasteiger partial charge in [-0.3, -0.25) is 14.5 Å². The molecule has 29 heavy (non-hydrogen) atoms. The summed E-state index contributed by atoms with van der Waals surface area (Å²) in [5.74, 6) is -0.704. The topological polar surface area (TPSA) is 69.7 Å². The number of hydrogen-bond acceptors (Lipinski definition) is 3. The second-order valence-electron chi connectivity index (χ2n) is 7.54. The second-order valence-corrected chi connectivity index (χ2v) is 7.97. The van der Waals surface area contributed by atoms with Gasteiger partial charge in [0.15, 0.2) is 0 Å². The van der Waals surface area contributed by atoms with E-state index >= 15 is 0 Å². The van der Waals surface area contributed by atoms with Gasteiger partial charge in [0.25, 0.3) is 5.91 Å². The van der Waals surface area contributed by atoms with E-state index in [1.807, 2.05) is 38.1 Å². The van der Waals surface area contributed by atoms with Crippen molar-refractivity contribution in [1.82, 2.24) is 10.2 Å². The van der Waals surface area contributed by atoms with Gasteiger partial charge in [-0.15, -0.1) is 0 Å². The van der Waals surface area contributed by atoms with Gasteiger partial charge in [0.1, 0.15) is 12.1 Å². The Kier molecular flexibility index (Phi) is 4.82. The first kappa shape index (κ1) is 19.5. The molecule has 4 amide bonds. The number of para-hydroxylation sites is 1. The third kappa shape index (κ3) is 3.08. The average molecular weight is 412 g/mol. The van der Waals surface area contributed by atoms with Crippen LogP contribution >= 0.6 is 11.6 Å². The van der Waals surface area contributed by atoms with E-state index in [1.54, 1.807) is 29.2 Å². The van der Waals surface area contributed by atoms with Gasteiger partial charge in [-0.05, 0) is 49.1 Å². The van der Waals surface area contributed by atoms with E-state index in [2.05, 4.69) is 5.32 Å². The molecule has 1 saturated heterocycles. The van der Waals surface area contributed by atoms with Gasteiger partial charge in [-0.25, -0.2) is 4.79 Å². The van der Waals surface area contributed by atoms with Crippen molar-refractivity contribution in [3.63, 3.8) is 0 Å². The van der Waals surface area contributed by atoms with Crippen molar-refractivity contribution in [1.29, 1.82) is 0 Å². The molecule has 2 aromatic rings. The predicted molar refractivity (Wildman–Crippen MR) is 111 cm³/mol. The van der Waals surface area contributed by atoms with Crippen molar-refractivity contribution in [2.45, 2.75) is 38.3 Å². The number of halogens is 1. The Morgan fingerprint density at radius 1 is 1.21 bits per heavy atom. The Morgan fingerprint density at radius 2 is 1.97 bits per heavy atom. The van der Waals surface area contributed by atoms with Gasteiger partial charge in [0, 0.05) is 16.8 Å². The quantitative estimate of drug-likeness (QED) is 0.783. The molecule has 6 nitrogen and oxygen atoms in total. The summed E-state index contributed by atoms with van der Waals surface area (Å²) in [6.45, 7) is 3.49. The van der Waals surface area contributed by atoms with E-state index in [-0.39, 0.29) is 18.5 Å². The summed E-state index contributed by atoms with van der Waals surface area (Å²) in [6, 6.07) is 14.0. The van der Waals surface area contributed by atoms with Crippen LogP contribution in [0.4, 0.5) is 10.5 Å². The summed E-state index contributed by atoms with van der Waals surface area (Å²) in [7, 11) is 0. The number of fused-ring (bicyclic) bond motifs is 1. The molecule has 2 heterocycles. The van der Waals surface area contributed by atoms with Crippen LogP contribution in [-0.4, -0.2) is 35.3 Å². The molecular formula is C22H22ClN3O3. The van der Waals surface area contributed by atoms with Crippen molar-refractivity contribution in [2.24, 2.45) is 0 Å². The van der Waals surface area contributed by atoms with Crippen molar-refractivity contribution < 1.29 is 14.4 Å². The van der Waals surface area contributed by atoms with E-state index < -0.39 is 17.5 Å². The molecule has 1 N–H and O–H groups in total. The fourth-order valence-corrected chi connectivity index (χ4v) is 4.51. The van der Waals surface area contributed by atoms with Crippen molar-refractivity contribution in [3.05, 3.63) is 64.7 Å². The van der Waals surface area contributed by atoms with Crippen LogP contribution in [0, 0.1) is 0 Å². The lowest BCUT2D eigenvalue weighted by Gasteiger charge is -2.27. The summed E-state index contributed by atoms with van der Waals surface area (Å²) in [6.07, 6.45) is 1.11. The zero-order chi connectivity index (χ0) is 20.8. The maximum absolute atomic E-state index is 13.3. The lowest BCUT2D eigenvalue weighted by molar-refractivity contribution is -0.134. The molecule has 2 aliphatic heterocycles. The normalized spacial score (nSPS) is 23.3. The molecular weight excluding hydrogens is 390 g/mol. The van der Waals surface area contributed by atoms with Crippen molar-refractivity contribution in [3.8, 4) is 0 Å². The number of carbonyl (C=O) groups is 3. The number of imide groups is 1. The van der Waals surface area contributed by atoms with Gasteiger partial charge < -0.3 is 10.2 Å². The number of benzene rings is 2. The van der Waals surface area contributed by atoms with E-state index in [4.69, 9.17) is 11.6 Å². The van der Waals surface area contributed by atoms with Gasteiger partial charge in [-0.1, -0.05) is 48.9 Å². The number of nitrogens with one attached hydrogen (secondary N) is 1. The van der Waals surface area contributed by atoms with Gasteiger partial charge in [0.05, 0.1) is 0 Å². The first-order valence-corrected chi connectivity index (χ1v) is 10.1. The third-order valence-electron chi connectivity index (χ3n) is 5.79. The Labute approximate surface area is 174 Å². The molecule has 0 radical (unpaired) electrons. The van der Waals surface area contributed by atoms with Crippen LogP contribution in [0.5, 0.6) is 0 Å². The lowest BCUT2D eigenvalue weighted by Crippen LogP contribution is -2.46.